The van der Waals surface area contributed by atoms with E-state index < -0.39 is 23.2 Å². The third-order valence-electron chi connectivity index (χ3n) is 5.31. The van der Waals surface area contributed by atoms with Gasteiger partial charge < -0.3 is 10.6 Å². The molecule has 0 unspecified atom stereocenters. The molecular formula is C26H20F3N3O3. The highest BCUT2D eigenvalue weighted by molar-refractivity contribution is 5.97. The van der Waals surface area contributed by atoms with Crippen LogP contribution in [0.1, 0.15) is 28.4 Å². The van der Waals surface area contributed by atoms with Gasteiger partial charge in [-0.3, -0.25) is 19.0 Å². The summed E-state index contributed by atoms with van der Waals surface area (Å²) in [6, 6.07) is 19.3. The molecule has 0 aliphatic heterocycles. The molecule has 0 bridgehead atoms. The summed E-state index contributed by atoms with van der Waals surface area (Å²) < 4.78 is 41.0. The second-order valence-electron chi connectivity index (χ2n) is 7.87. The Kier molecular flexibility index (Phi) is 6.42. The van der Waals surface area contributed by atoms with Gasteiger partial charge in [-0.25, -0.2) is 0 Å². The van der Waals surface area contributed by atoms with Crippen LogP contribution in [-0.4, -0.2) is 16.4 Å². The van der Waals surface area contributed by atoms with E-state index in [1.807, 2.05) is 0 Å². The van der Waals surface area contributed by atoms with Crippen LogP contribution in [0.2, 0.25) is 0 Å². The first-order chi connectivity index (χ1) is 16.6. The number of hydrogen-bond donors (Lipinski definition) is 2. The Balaban J connectivity index is 1.69. The molecule has 3 aromatic carbocycles. The van der Waals surface area contributed by atoms with Gasteiger partial charge in [0, 0.05) is 24.8 Å². The van der Waals surface area contributed by atoms with Gasteiger partial charge in [-0.15, -0.1) is 0 Å². The van der Waals surface area contributed by atoms with Gasteiger partial charge in [-0.05, 0) is 53.4 Å². The average molecular weight is 479 g/mol. The number of rotatable bonds is 5. The molecule has 35 heavy (non-hydrogen) atoms. The number of pyridine rings is 1. The van der Waals surface area contributed by atoms with Gasteiger partial charge in [0.15, 0.2) is 0 Å². The first kappa shape index (κ1) is 23.7. The molecule has 0 atom stereocenters. The number of fused-ring (bicyclic) bond motifs is 1. The lowest BCUT2D eigenvalue weighted by Crippen LogP contribution is -2.32. The molecule has 6 nitrogen and oxygen atoms in total. The van der Waals surface area contributed by atoms with Crippen molar-refractivity contribution >= 4 is 28.4 Å². The molecule has 1 aromatic heterocycles. The van der Waals surface area contributed by atoms with Crippen molar-refractivity contribution in [2.75, 3.05) is 5.32 Å². The topological polar surface area (TPSA) is 80.2 Å². The smallest absolute Gasteiger partial charge is 0.348 e. The number of benzene rings is 3. The fourth-order valence-electron chi connectivity index (χ4n) is 3.69. The predicted molar refractivity (Wildman–Crippen MR) is 126 cm³/mol. The number of nitrogens with one attached hydrogen (secondary N) is 2. The molecule has 178 valence electrons. The molecule has 1 heterocycles. The fraction of sp³-hybridized carbons (Fsp3) is 0.115. The predicted octanol–water partition coefficient (Wildman–Crippen LogP) is 4.90. The van der Waals surface area contributed by atoms with E-state index in [1.165, 1.54) is 25.1 Å². The van der Waals surface area contributed by atoms with Crippen molar-refractivity contribution < 1.29 is 22.8 Å². The van der Waals surface area contributed by atoms with Crippen molar-refractivity contribution in [1.29, 1.82) is 0 Å². The van der Waals surface area contributed by atoms with Crippen LogP contribution < -0.4 is 16.2 Å². The maximum atomic E-state index is 13.3. The van der Waals surface area contributed by atoms with Gasteiger partial charge in [0.1, 0.15) is 5.56 Å². The van der Waals surface area contributed by atoms with Crippen LogP contribution >= 0.6 is 0 Å². The third kappa shape index (κ3) is 5.24. The zero-order chi connectivity index (χ0) is 25.2. The van der Waals surface area contributed by atoms with Crippen molar-refractivity contribution in [3.8, 4) is 5.69 Å². The highest BCUT2D eigenvalue weighted by Crippen LogP contribution is 2.30. The minimum absolute atomic E-state index is 0.00392. The Morgan fingerprint density at radius 1 is 0.914 bits per heavy atom. The number of carbonyl (C=O) groups is 2. The number of aromatic nitrogens is 1. The molecule has 0 spiro atoms. The second kappa shape index (κ2) is 9.46. The third-order valence-corrected chi connectivity index (χ3v) is 5.31. The van der Waals surface area contributed by atoms with E-state index in [2.05, 4.69) is 10.6 Å². The molecule has 0 radical (unpaired) electrons. The van der Waals surface area contributed by atoms with E-state index in [0.717, 1.165) is 22.3 Å². The van der Waals surface area contributed by atoms with Gasteiger partial charge in [-0.2, -0.15) is 13.2 Å². The summed E-state index contributed by atoms with van der Waals surface area (Å²) in [5.41, 5.74) is -0.121. The molecule has 0 saturated carbocycles. The van der Waals surface area contributed by atoms with Gasteiger partial charge in [0.2, 0.25) is 5.91 Å². The van der Waals surface area contributed by atoms with E-state index in [4.69, 9.17) is 0 Å². The van der Waals surface area contributed by atoms with Gasteiger partial charge in [-0.1, -0.05) is 36.4 Å². The highest BCUT2D eigenvalue weighted by Gasteiger charge is 2.31. The summed E-state index contributed by atoms with van der Waals surface area (Å²) in [7, 11) is 0. The zero-order valence-corrected chi connectivity index (χ0v) is 18.5. The zero-order valence-electron chi connectivity index (χ0n) is 18.5. The number of halogens is 3. The number of hydrogen-bond acceptors (Lipinski definition) is 3. The number of amides is 2. The Hall–Kier alpha value is -4.40. The molecule has 0 aliphatic carbocycles. The minimum Gasteiger partial charge on any atom is -0.348 e. The van der Waals surface area contributed by atoms with E-state index in [-0.39, 0.29) is 23.7 Å². The molecule has 2 amide bonds. The van der Waals surface area contributed by atoms with Crippen molar-refractivity contribution in [1.82, 2.24) is 9.88 Å². The molecular weight excluding hydrogens is 459 g/mol. The Bertz CT molecular complexity index is 1480. The molecule has 4 rings (SSSR count). The van der Waals surface area contributed by atoms with Crippen molar-refractivity contribution in [2.45, 2.75) is 19.6 Å². The maximum absolute atomic E-state index is 13.3. The van der Waals surface area contributed by atoms with Crippen LogP contribution in [0, 0.1) is 0 Å². The average Bonchev–Trinajstić information content (AvgIpc) is 2.82. The summed E-state index contributed by atoms with van der Waals surface area (Å²) in [6.45, 7) is 1.50. The normalized spacial score (nSPS) is 11.3. The summed E-state index contributed by atoms with van der Waals surface area (Å²) >= 11 is 0. The van der Waals surface area contributed by atoms with E-state index >= 15 is 0 Å². The van der Waals surface area contributed by atoms with E-state index in [9.17, 15) is 27.6 Å². The van der Waals surface area contributed by atoms with Gasteiger partial charge >= 0.3 is 6.18 Å². The number of nitrogens with zero attached hydrogens (tertiary/aromatic N) is 1. The monoisotopic (exact) mass is 479 g/mol. The maximum Gasteiger partial charge on any atom is 0.416 e. The van der Waals surface area contributed by atoms with Crippen LogP contribution in [-0.2, 0) is 17.5 Å². The number of carbonyl (C=O) groups excluding carboxylic acids is 2. The molecule has 9 heteroatoms. The van der Waals surface area contributed by atoms with Crippen molar-refractivity contribution in [3.05, 3.63) is 106 Å². The summed E-state index contributed by atoms with van der Waals surface area (Å²) in [4.78, 5) is 37.4. The Morgan fingerprint density at radius 2 is 1.63 bits per heavy atom. The van der Waals surface area contributed by atoms with Crippen molar-refractivity contribution in [2.24, 2.45) is 0 Å². The van der Waals surface area contributed by atoms with E-state index in [0.29, 0.717) is 16.6 Å². The minimum atomic E-state index is -4.58. The van der Waals surface area contributed by atoms with Crippen molar-refractivity contribution in [3.63, 3.8) is 0 Å². The SMILES string of the molecule is CC(=O)Nc1ccc(CNC(=O)c2cc3ccccc3n(-c3cccc(C(F)(F)F)c3)c2=O)cc1. The lowest BCUT2D eigenvalue weighted by Gasteiger charge is -2.15. The van der Waals surface area contributed by atoms with Crippen LogP contribution in [0.5, 0.6) is 0 Å². The lowest BCUT2D eigenvalue weighted by atomic mass is 10.1. The number of anilines is 1. The van der Waals surface area contributed by atoms with Crippen LogP contribution in [0.4, 0.5) is 18.9 Å². The van der Waals surface area contributed by atoms with Crippen LogP contribution in [0.15, 0.2) is 83.7 Å². The fourth-order valence-corrected chi connectivity index (χ4v) is 3.69. The van der Waals surface area contributed by atoms with Gasteiger partial charge in [0.05, 0.1) is 11.1 Å². The van der Waals surface area contributed by atoms with E-state index in [1.54, 1.807) is 48.5 Å². The Morgan fingerprint density at radius 3 is 2.31 bits per heavy atom. The second-order valence-corrected chi connectivity index (χ2v) is 7.87. The van der Waals surface area contributed by atoms with Gasteiger partial charge in [0.25, 0.3) is 11.5 Å². The number of para-hydroxylation sites is 1. The highest BCUT2D eigenvalue weighted by atomic mass is 19.4. The lowest BCUT2D eigenvalue weighted by molar-refractivity contribution is -0.137. The first-order valence-corrected chi connectivity index (χ1v) is 10.6. The molecule has 2 N–H and O–H groups in total. The standard InChI is InChI=1S/C26H20F3N3O3/c1-16(33)31-20-11-9-17(10-12-20)15-30-24(34)22-13-18-5-2-3-8-23(18)32(25(22)35)21-7-4-6-19(14-21)26(27,28)29/h2-14H,15H2,1H3,(H,30,34)(H,31,33). The summed E-state index contributed by atoms with van der Waals surface area (Å²) in [6.07, 6.45) is -4.58. The first-order valence-electron chi connectivity index (χ1n) is 10.6. The largest absolute Gasteiger partial charge is 0.416 e. The molecule has 0 saturated heterocycles. The van der Waals surface area contributed by atoms with Crippen LogP contribution in [0.25, 0.3) is 16.6 Å². The van der Waals surface area contributed by atoms with Crippen LogP contribution in [0.3, 0.4) is 0 Å². The number of alkyl halides is 3. The Labute approximate surface area is 198 Å². The molecule has 0 aliphatic rings. The summed E-state index contributed by atoms with van der Waals surface area (Å²) in [5, 5.41) is 5.84. The molecule has 4 aromatic rings. The summed E-state index contributed by atoms with van der Waals surface area (Å²) in [5.74, 6) is -0.869. The quantitative estimate of drug-likeness (QED) is 0.428. The molecule has 0 fully saturated rings.